The predicted octanol–water partition coefficient (Wildman–Crippen LogP) is 3.06. The topological polar surface area (TPSA) is 59.1 Å². The van der Waals surface area contributed by atoms with Gasteiger partial charge in [-0.15, -0.1) is 0 Å². The maximum Gasteiger partial charge on any atom is 0.131 e. The van der Waals surface area contributed by atoms with E-state index >= 15 is 0 Å². The molecule has 1 aliphatic heterocycles. The van der Waals surface area contributed by atoms with Gasteiger partial charge in [-0.1, -0.05) is 13.8 Å². The van der Waals surface area contributed by atoms with Crippen LogP contribution < -0.4 is 10.6 Å². The first-order valence-electron chi connectivity index (χ1n) is 7.67. The fourth-order valence-electron chi connectivity index (χ4n) is 2.82. The third-order valence-corrected chi connectivity index (χ3v) is 4.16. The third-order valence-electron chi connectivity index (χ3n) is 4.16. The van der Waals surface area contributed by atoms with Crippen molar-refractivity contribution in [2.45, 2.75) is 58.1 Å². The van der Waals surface area contributed by atoms with Crippen LogP contribution in [0.15, 0.2) is 12.4 Å². The van der Waals surface area contributed by atoms with Crippen molar-refractivity contribution in [3.63, 3.8) is 0 Å². The molecule has 1 saturated heterocycles. The molecule has 5 heteroatoms. The number of anilines is 2. The third kappa shape index (κ3) is 3.60. The van der Waals surface area contributed by atoms with E-state index in [-0.39, 0.29) is 5.60 Å². The molecule has 0 aromatic carbocycles. The zero-order valence-corrected chi connectivity index (χ0v) is 12.8. The predicted molar refractivity (Wildman–Crippen MR) is 82.1 cm³/mol. The van der Waals surface area contributed by atoms with Gasteiger partial charge < -0.3 is 15.4 Å². The summed E-state index contributed by atoms with van der Waals surface area (Å²) in [6, 6.07) is 2.39. The molecule has 1 fully saturated rings. The minimum Gasteiger partial charge on any atom is -0.375 e. The van der Waals surface area contributed by atoms with Gasteiger partial charge in [-0.3, -0.25) is 0 Å². The summed E-state index contributed by atoms with van der Waals surface area (Å²) in [6.07, 6.45) is 5.80. The van der Waals surface area contributed by atoms with Crippen molar-refractivity contribution in [2.24, 2.45) is 0 Å². The molecule has 5 nitrogen and oxygen atoms in total. The largest absolute Gasteiger partial charge is 0.375 e. The monoisotopic (exact) mass is 278 g/mol. The van der Waals surface area contributed by atoms with Crippen LogP contribution in [0.2, 0.25) is 0 Å². The fraction of sp³-hybridized carbons (Fsp3) is 0.733. The first kappa shape index (κ1) is 15.0. The molecule has 1 aromatic rings. The SMILES string of the molecule is CCNc1cc(NC2CCOC(CC)(CC)C2)ncn1. The quantitative estimate of drug-likeness (QED) is 0.837. The Balaban J connectivity index is 2.00. The molecule has 2 heterocycles. The highest BCUT2D eigenvalue weighted by Gasteiger charge is 2.34. The molecule has 0 radical (unpaired) electrons. The van der Waals surface area contributed by atoms with Gasteiger partial charge in [0.15, 0.2) is 0 Å². The molecule has 1 aromatic heterocycles. The number of nitrogens with one attached hydrogen (secondary N) is 2. The fourth-order valence-corrected chi connectivity index (χ4v) is 2.82. The molecule has 0 bridgehead atoms. The van der Waals surface area contributed by atoms with Crippen LogP contribution >= 0.6 is 0 Å². The van der Waals surface area contributed by atoms with Crippen LogP contribution in [0.25, 0.3) is 0 Å². The molecule has 20 heavy (non-hydrogen) atoms. The van der Waals surface area contributed by atoms with Crippen molar-refractivity contribution in [1.82, 2.24) is 9.97 Å². The minimum absolute atomic E-state index is 0.0352. The van der Waals surface area contributed by atoms with E-state index in [1.165, 1.54) is 0 Å². The molecule has 0 amide bonds. The van der Waals surface area contributed by atoms with E-state index < -0.39 is 0 Å². The molecular weight excluding hydrogens is 252 g/mol. The van der Waals surface area contributed by atoms with E-state index in [0.717, 1.165) is 50.5 Å². The molecule has 1 unspecified atom stereocenters. The summed E-state index contributed by atoms with van der Waals surface area (Å²) in [7, 11) is 0. The normalized spacial score (nSPS) is 21.4. The highest BCUT2D eigenvalue weighted by molar-refractivity contribution is 5.46. The highest BCUT2D eigenvalue weighted by atomic mass is 16.5. The lowest BCUT2D eigenvalue weighted by Crippen LogP contribution is -2.43. The van der Waals surface area contributed by atoms with Gasteiger partial charge in [0.25, 0.3) is 0 Å². The van der Waals surface area contributed by atoms with Gasteiger partial charge in [0, 0.05) is 25.3 Å². The van der Waals surface area contributed by atoms with Crippen molar-refractivity contribution in [3.05, 3.63) is 12.4 Å². The molecular formula is C15H26N4O. The van der Waals surface area contributed by atoms with Gasteiger partial charge in [-0.25, -0.2) is 9.97 Å². The zero-order chi connectivity index (χ0) is 14.4. The number of ether oxygens (including phenoxy) is 1. The minimum atomic E-state index is 0.0352. The molecule has 2 rings (SSSR count). The van der Waals surface area contributed by atoms with Crippen molar-refractivity contribution in [1.29, 1.82) is 0 Å². The summed E-state index contributed by atoms with van der Waals surface area (Å²) in [5, 5.41) is 6.74. The van der Waals surface area contributed by atoms with Crippen LogP contribution in [0, 0.1) is 0 Å². The highest BCUT2D eigenvalue weighted by Crippen LogP contribution is 2.32. The average molecular weight is 278 g/mol. The first-order valence-corrected chi connectivity index (χ1v) is 7.67. The van der Waals surface area contributed by atoms with Crippen LogP contribution in [0.3, 0.4) is 0 Å². The van der Waals surface area contributed by atoms with E-state index in [2.05, 4.69) is 41.4 Å². The smallest absolute Gasteiger partial charge is 0.131 e. The maximum absolute atomic E-state index is 6.01. The number of hydrogen-bond acceptors (Lipinski definition) is 5. The second-order valence-electron chi connectivity index (χ2n) is 5.39. The van der Waals surface area contributed by atoms with E-state index in [1.807, 2.05) is 6.07 Å². The van der Waals surface area contributed by atoms with Crippen LogP contribution in [0.5, 0.6) is 0 Å². The van der Waals surface area contributed by atoms with Crippen LogP contribution in [-0.4, -0.2) is 34.8 Å². The molecule has 0 aliphatic carbocycles. The zero-order valence-electron chi connectivity index (χ0n) is 12.8. The Morgan fingerprint density at radius 2 is 2.00 bits per heavy atom. The Kier molecular flexibility index (Phi) is 5.17. The summed E-state index contributed by atoms with van der Waals surface area (Å²) in [5.41, 5.74) is 0.0352. The van der Waals surface area contributed by atoms with Gasteiger partial charge >= 0.3 is 0 Å². The first-order chi connectivity index (χ1) is 9.71. The van der Waals surface area contributed by atoms with E-state index in [4.69, 9.17) is 4.74 Å². The van der Waals surface area contributed by atoms with E-state index in [9.17, 15) is 0 Å². The van der Waals surface area contributed by atoms with Gasteiger partial charge in [0.2, 0.25) is 0 Å². The number of rotatable bonds is 6. The lowest BCUT2D eigenvalue weighted by atomic mass is 9.86. The number of aromatic nitrogens is 2. The summed E-state index contributed by atoms with van der Waals surface area (Å²) in [6.45, 7) is 8.16. The van der Waals surface area contributed by atoms with Crippen molar-refractivity contribution >= 4 is 11.6 Å². The van der Waals surface area contributed by atoms with Crippen LogP contribution in [0.1, 0.15) is 46.5 Å². The molecule has 0 saturated carbocycles. The lowest BCUT2D eigenvalue weighted by Gasteiger charge is -2.40. The summed E-state index contributed by atoms with van der Waals surface area (Å²) in [4.78, 5) is 8.51. The van der Waals surface area contributed by atoms with Gasteiger partial charge in [-0.2, -0.15) is 0 Å². The van der Waals surface area contributed by atoms with Crippen molar-refractivity contribution in [2.75, 3.05) is 23.8 Å². The van der Waals surface area contributed by atoms with Crippen LogP contribution in [-0.2, 0) is 4.74 Å². The second kappa shape index (κ2) is 6.88. The molecule has 2 N–H and O–H groups in total. The van der Waals surface area contributed by atoms with Crippen molar-refractivity contribution < 1.29 is 4.74 Å². The van der Waals surface area contributed by atoms with Gasteiger partial charge in [0.1, 0.15) is 18.0 Å². The standard InChI is InChI=1S/C15H26N4O/c1-4-15(5-2)10-12(7-8-20-15)19-14-9-13(16-6-3)17-11-18-14/h9,11-12H,4-8,10H2,1-3H3,(H2,16,17,18,19). The van der Waals surface area contributed by atoms with Gasteiger partial charge in [-0.05, 0) is 32.6 Å². The summed E-state index contributed by atoms with van der Waals surface area (Å²) >= 11 is 0. The van der Waals surface area contributed by atoms with Crippen molar-refractivity contribution in [3.8, 4) is 0 Å². The van der Waals surface area contributed by atoms with Crippen LogP contribution in [0.4, 0.5) is 11.6 Å². The van der Waals surface area contributed by atoms with E-state index in [1.54, 1.807) is 6.33 Å². The Hall–Kier alpha value is -1.36. The Morgan fingerprint density at radius 3 is 2.70 bits per heavy atom. The summed E-state index contributed by atoms with van der Waals surface area (Å²) in [5.74, 6) is 1.76. The van der Waals surface area contributed by atoms with E-state index in [0.29, 0.717) is 6.04 Å². The Morgan fingerprint density at radius 1 is 1.25 bits per heavy atom. The Labute approximate surface area is 121 Å². The number of hydrogen-bond donors (Lipinski definition) is 2. The lowest BCUT2D eigenvalue weighted by molar-refractivity contribution is -0.0864. The molecule has 1 atom stereocenters. The summed E-state index contributed by atoms with van der Waals surface area (Å²) < 4.78 is 6.01. The maximum atomic E-state index is 6.01. The second-order valence-corrected chi connectivity index (χ2v) is 5.39. The average Bonchev–Trinajstić information content (AvgIpc) is 2.48. The number of nitrogens with zero attached hydrogens (tertiary/aromatic N) is 2. The molecule has 112 valence electrons. The molecule has 1 aliphatic rings. The molecule has 0 spiro atoms. The Bertz CT molecular complexity index is 420. The van der Waals surface area contributed by atoms with Gasteiger partial charge in [0.05, 0.1) is 5.60 Å².